The fourth-order valence-corrected chi connectivity index (χ4v) is 3.98. The summed E-state index contributed by atoms with van der Waals surface area (Å²) in [5, 5.41) is 0. The molecule has 2 aromatic carbocycles. The number of anilines is 1. The zero-order valence-electron chi connectivity index (χ0n) is 15.0. The molecule has 136 valence electrons. The Balaban J connectivity index is 1.87. The van der Waals surface area contributed by atoms with Crippen LogP contribution in [0.1, 0.15) is 11.1 Å². The first-order valence-electron chi connectivity index (χ1n) is 8.64. The fourth-order valence-electron chi connectivity index (χ4n) is 3.98. The number of esters is 1. The van der Waals surface area contributed by atoms with Gasteiger partial charge in [0.25, 0.3) is 0 Å². The maximum atomic E-state index is 13.3. The van der Waals surface area contributed by atoms with Gasteiger partial charge in [-0.1, -0.05) is 48.0 Å². The van der Waals surface area contributed by atoms with Crippen LogP contribution in [0.2, 0.25) is 0 Å². The van der Waals surface area contributed by atoms with E-state index in [4.69, 9.17) is 4.74 Å². The van der Waals surface area contributed by atoms with Gasteiger partial charge >= 0.3 is 5.97 Å². The highest BCUT2D eigenvalue weighted by atomic mass is 16.5. The van der Waals surface area contributed by atoms with Crippen molar-refractivity contribution < 1.29 is 19.1 Å². The van der Waals surface area contributed by atoms with Crippen molar-refractivity contribution in [2.45, 2.75) is 12.5 Å². The van der Waals surface area contributed by atoms with Gasteiger partial charge in [-0.25, -0.2) is 9.69 Å². The molecule has 4 rings (SSSR count). The summed E-state index contributed by atoms with van der Waals surface area (Å²) in [6.07, 6.45) is 1.42. The molecule has 0 spiro atoms. The van der Waals surface area contributed by atoms with Gasteiger partial charge in [0.2, 0.25) is 11.8 Å². The van der Waals surface area contributed by atoms with Gasteiger partial charge in [-0.3, -0.25) is 14.6 Å². The SMILES string of the molecule is COC(=O)[C@]1(c2cccc(C)c2)N=C[C@@H]2C(=O)N(c3ccccc3)C(=O)[C@@H]21. The number of benzene rings is 2. The van der Waals surface area contributed by atoms with Gasteiger partial charge in [-0.15, -0.1) is 0 Å². The quantitative estimate of drug-likeness (QED) is 0.620. The molecular weight excluding hydrogens is 344 g/mol. The van der Waals surface area contributed by atoms with Crippen molar-refractivity contribution in [3.63, 3.8) is 0 Å². The molecule has 0 unspecified atom stereocenters. The first-order valence-corrected chi connectivity index (χ1v) is 8.64. The monoisotopic (exact) mass is 362 g/mol. The molecule has 3 atom stereocenters. The minimum Gasteiger partial charge on any atom is -0.467 e. The summed E-state index contributed by atoms with van der Waals surface area (Å²) in [6, 6.07) is 15.9. The number of aryl methyl sites for hydroxylation is 1. The molecule has 2 aliphatic heterocycles. The molecule has 6 nitrogen and oxygen atoms in total. The van der Waals surface area contributed by atoms with Crippen LogP contribution in [0.4, 0.5) is 5.69 Å². The number of hydrogen-bond acceptors (Lipinski definition) is 5. The van der Waals surface area contributed by atoms with E-state index in [9.17, 15) is 14.4 Å². The molecule has 2 heterocycles. The molecule has 0 N–H and O–H groups in total. The molecule has 27 heavy (non-hydrogen) atoms. The maximum absolute atomic E-state index is 13.3. The van der Waals surface area contributed by atoms with Crippen LogP contribution in [-0.4, -0.2) is 31.1 Å². The zero-order valence-corrected chi connectivity index (χ0v) is 15.0. The van der Waals surface area contributed by atoms with Crippen molar-refractivity contribution in [2.24, 2.45) is 16.8 Å². The average molecular weight is 362 g/mol. The van der Waals surface area contributed by atoms with E-state index in [1.165, 1.54) is 13.3 Å². The van der Waals surface area contributed by atoms with Crippen LogP contribution in [0, 0.1) is 18.8 Å². The molecule has 2 amide bonds. The first-order chi connectivity index (χ1) is 13.0. The van der Waals surface area contributed by atoms with Gasteiger partial charge in [0, 0.05) is 6.21 Å². The van der Waals surface area contributed by atoms with E-state index in [-0.39, 0.29) is 5.91 Å². The van der Waals surface area contributed by atoms with Crippen molar-refractivity contribution >= 4 is 29.7 Å². The number of ether oxygens (including phenoxy) is 1. The van der Waals surface area contributed by atoms with E-state index in [1.807, 2.05) is 19.1 Å². The Bertz CT molecular complexity index is 969. The largest absolute Gasteiger partial charge is 0.467 e. The Morgan fingerprint density at radius 1 is 1.07 bits per heavy atom. The van der Waals surface area contributed by atoms with E-state index in [0.29, 0.717) is 11.3 Å². The number of carbonyl (C=O) groups excluding carboxylic acids is 3. The predicted octanol–water partition coefficient (Wildman–Crippen LogP) is 2.25. The molecule has 6 heteroatoms. The number of fused-ring (bicyclic) bond motifs is 1. The van der Waals surface area contributed by atoms with Crippen molar-refractivity contribution in [2.75, 3.05) is 12.0 Å². The van der Waals surface area contributed by atoms with E-state index in [2.05, 4.69) is 4.99 Å². The molecule has 0 aromatic heterocycles. The van der Waals surface area contributed by atoms with Crippen LogP contribution in [0.15, 0.2) is 59.6 Å². The molecule has 2 aromatic rings. The smallest absolute Gasteiger partial charge is 0.339 e. The van der Waals surface area contributed by atoms with Crippen LogP contribution >= 0.6 is 0 Å². The van der Waals surface area contributed by atoms with Crippen LogP contribution in [0.5, 0.6) is 0 Å². The molecule has 1 saturated heterocycles. The Morgan fingerprint density at radius 3 is 2.48 bits per heavy atom. The molecule has 2 aliphatic rings. The second-order valence-electron chi connectivity index (χ2n) is 6.76. The fraction of sp³-hybridized carbons (Fsp3) is 0.238. The molecule has 0 bridgehead atoms. The molecule has 0 radical (unpaired) electrons. The normalized spacial score (nSPS) is 26.4. The van der Waals surface area contributed by atoms with E-state index < -0.39 is 29.3 Å². The summed E-state index contributed by atoms with van der Waals surface area (Å²) in [7, 11) is 1.26. The Morgan fingerprint density at radius 2 is 1.81 bits per heavy atom. The molecular formula is C21H18N2O4. The lowest BCUT2D eigenvalue weighted by Gasteiger charge is -2.29. The number of para-hydroxylation sites is 1. The van der Waals surface area contributed by atoms with E-state index in [1.54, 1.807) is 42.5 Å². The van der Waals surface area contributed by atoms with Crippen molar-refractivity contribution in [1.29, 1.82) is 0 Å². The third kappa shape index (κ3) is 2.33. The number of imide groups is 1. The number of carbonyl (C=O) groups is 3. The predicted molar refractivity (Wildman–Crippen MR) is 99.3 cm³/mol. The summed E-state index contributed by atoms with van der Waals surface area (Å²) >= 11 is 0. The highest BCUT2D eigenvalue weighted by Gasteiger charge is 2.65. The third-order valence-corrected chi connectivity index (χ3v) is 5.21. The lowest BCUT2D eigenvalue weighted by molar-refractivity contribution is -0.151. The van der Waals surface area contributed by atoms with Gasteiger partial charge in [0.15, 0.2) is 5.54 Å². The van der Waals surface area contributed by atoms with Crippen LogP contribution in [0.25, 0.3) is 0 Å². The zero-order chi connectivity index (χ0) is 19.2. The maximum Gasteiger partial charge on any atom is 0.339 e. The van der Waals surface area contributed by atoms with Crippen LogP contribution in [-0.2, 0) is 24.7 Å². The Kier molecular flexibility index (Phi) is 3.91. The lowest BCUT2D eigenvalue weighted by Crippen LogP contribution is -2.45. The van der Waals surface area contributed by atoms with Gasteiger partial charge in [0.05, 0.1) is 24.6 Å². The van der Waals surface area contributed by atoms with Gasteiger partial charge in [-0.05, 0) is 24.6 Å². The number of amides is 2. The average Bonchev–Trinajstić information content (AvgIpc) is 3.20. The summed E-state index contributed by atoms with van der Waals surface area (Å²) in [4.78, 5) is 44.7. The third-order valence-electron chi connectivity index (χ3n) is 5.21. The highest BCUT2D eigenvalue weighted by Crippen LogP contribution is 2.48. The Labute approximate surface area is 156 Å². The number of nitrogens with zero attached hydrogens (tertiary/aromatic N) is 2. The first kappa shape index (κ1) is 17.1. The summed E-state index contributed by atoms with van der Waals surface area (Å²) in [6.45, 7) is 1.89. The van der Waals surface area contributed by atoms with Crippen molar-refractivity contribution in [3.8, 4) is 0 Å². The number of rotatable bonds is 3. The van der Waals surface area contributed by atoms with Gasteiger partial charge < -0.3 is 4.74 Å². The van der Waals surface area contributed by atoms with Crippen molar-refractivity contribution in [1.82, 2.24) is 0 Å². The minimum absolute atomic E-state index is 0.376. The molecule has 1 fully saturated rings. The number of methoxy groups -OCH3 is 1. The van der Waals surface area contributed by atoms with Gasteiger partial charge in [0.1, 0.15) is 0 Å². The number of hydrogen-bond donors (Lipinski definition) is 0. The second kappa shape index (κ2) is 6.16. The number of aliphatic imine (C=N–C) groups is 1. The highest BCUT2D eigenvalue weighted by molar-refractivity contribution is 6.28. The molecule has 0 aliphatic carbocycles. The standard InChI is InChI=1S/C21H18N2O4/c1-13-7-6-8-14(11-13)21(20(26)27-2)17-16(12-22-21)18(24)23(19(17)25)15-9-4-3-5-10-15/h3-12,16-17H,1-2H3/t16-,17+,21+/m0/s1. The lowest BCUT2D eigenvalue weighted by atomic mass is 9.75. The van der Waals surface area contributed by atoms with E-state index in [0.717, 1.165) is 10.5 Å². The minimum atomic E-state index is -1.55. The summed E-state index contributed by atoms with van der Waals surface area (Å²) in [5.74, 6) is -3.22. The van der Waals surface area contributed by atoms with Crippen molar-refractivity contribution in [3.05, 3.63) is 65.7 Å². The van der Waals surface area contributed by atoms with Gasteiger partial charge in [-0.2, -0.15) is 0 Å². The molecule has 0 saturated carbocycles. The second-order valence-corrected chi connectivity index (χ2v) is 6.76. The van der Waals surface area contributed by atoms with Crippen LogP contribution in [0.3, 0.4) is 0 Å². The van der Waals surface area contributed by atoms with E-state index >= 15 is 0 Å². The van der Waals surface area contributed by atoms with Crippen LogP contribution < -0.4 is 4.90 Å². The summed E-state index contributed by atoms with van der Waals surface area (Å²) < 4.78 is 5.03. The Hall–Kier alpha value is -3.28. The summed E-state index contributed by atoms with van der Waals surface area (Å²) in [5.41, 5.74) is 0.403. The topological polar surface area (TPSA) is 76.0 Å².